The zero-order valence-electron chi connectivity index (χ0n) is 14.5. The van der Waals surface area contributed by atoms with E-state index in [4.69, 9.17) is 16.3 Å². The van der Waals surface area contributed by atoms with Gasteiger partial charge in [0.05, 0.1) is 17.5 Å². The van der Waals surface area contributed by atoms with Gasteiger partial charge in [0, 0.05) is 22.2 Å². The van der Waals surface area contributed by atoms with Crippen LogP contribution in [0.15, 0.2) is 59.1 Å². The van der Waals surface area contributed by atoms with Crippen molar-refractivity contribution in [1.29, 1.82) is 0 Å². The van der Waals surface area contributed by atoms with Crippen molar-refractivity contribution < 1.29 is 13.2 Å². The molecule has 0 aliphatic rings. The van der Waals surface area contributed by atoms with E-state index < -0.39 is 10.0 Å². The number of pyridine rings is 1. The number of halogens is 1. The number of benzene rings is 2. The first-order valence-electron chi connectivity index (χ1n) is 7.99. The molecular weight excluding hydrogens is 420 g/mol. The Morgan fingerprint density at radius 2 is 1.96 bits per heavy atom. The number of ether oxygens (including phenoxy) is 1. The number of hydrogen-bond acceptors (Lipinski definition) is 7. The van der Waals surface area contributed by atoms with E-state index >= 15 is 0 Å². The van der Waals surface area contributed by atoms with Crippen LogP contribution in [0.1, 0.15) is 0 Å². The number of nitrogens with zero attached hydrogens (tertiary/aromatic N) is 3. The summed E-state index contributed by atoms with van der Waals surface area (Å²) < 4.78 is 33.1. The van der Waals surface area contributed by atoms with Crippen LogP contribution in [-0.4, -0.2) is 30.7 Å². The van der Waals surface area contributed by atoms with Crippen LogP contribution in [0.2, 0.25) is 5.02 Å². The predicted octanol–water partition coefficient (Wildman–Crippen LogP) is 4.22. The van der Waals surface area contributed by atoms with Gasteiger partial charge in [-0.15, -0.1) is 10.2 Å². The number of nitrogens with one attached hydrogen (secondary N) is 1. The Kier molecular flexibility index (Phi) is 4.88. The summed E-state index contributed by atoms with van der Waals surface area (Å²) in [4.78, 5) is 4.41. The van der Waals surface area contributed by atoms with Crippen LogP contribution in [0.25, 0.3) is 22.0 Å². The Balaban J connectivity index is 1.81. The van der Waals surface area contributed by atoms with Crippen molar-refractivity contribution in [2.24, 2.45) is 0 Å². The highest BCUT2D eigenvalue weighted by Crippen LogP contribution is 2.36. The van der Waals surface area contributed by atoms with Gasteiger partial charge in [0.2, 0.25) is 5.13 Å². The number of aromatic nitrogens is 3. The van der Waals surface area contributed by atoms with Crippen molar-refractivity contribution in [2.45, 2.75) is 4.90 Å². The maximum atomic E-state index is 12.6. The van der Waals surface area contributed by atoms with Gasteiger partial charge in [-0.1, -0.05) is 29.0 Å². The molecule has 0 unspecified atom stereocenters. The molecule has 0 amide bonds. The van der Waals surface area contributed by atoms with Crippen LogP contribution < -0.4 is 9.46 Å². The highest BCUT2D eigenvalue weighted by molar-refractivity contribution is 7.93. The Morgan fingerprint density at radius 1 is 1.11 bits per heavy atom. The topological polar surface area (TPSA) is 94.1 Å². The monoisotopic (exact) mass is 432 g/mol. The third kappa shape index (κ3) is 3.51. The normalized spacial score (nSPS) is 11.5. The number of sulfonamides is 1. The molecule has 0 aliphatic carbocycles. The number of rotatable bonds is 5. The minimum Gasteiger partial charge on any atom is -0.496 e. The first-order valence-corrected chi connectivity index (χ1v) is 10.7. The number of fused-ring (bicyclic) bond motifs is 1. The summed E-state index contributed by atoms with van der Waals surface area (Å²) in [5, 5.41) is 8.89. The van der Waals surface area contributed by atoms with Crippen LogP contribution >= 0.6 is 22.9 Å². The van der Waals surface area contributed by atoms with Gasteiger partial charge in [0.15, 0.2) is 0 Å². The molecule has 7 nitrogen and oxygen atoms in total. The van der Waals surface area contributed by atoms with Gasteiger partial charge >= 0.3 is 0 Å². The van der Waals surface area contributed by atoms with E-state index in [1.165, 1.54) is 17.6 Å². The van der Waals surface area contributed by atoms with Crippen LogP contribution in [0.4, 0.5) is 5.13 Å². The van der Waals surface area contributed by atoms with E-state index in [1.54, 1.807) is 31.5 Å². The smallest absolute Gasteiger partial charge is 0.263 e. The third-order valence-electron chi connectivity index (χ3n) is 4.06. The average Bonchev–Trinajstić information content (AvgIpc) is 3.19. The lowest BCUT2D eigenvalue weighted by Gasteiger charge is -2.12. The van der Waals surface area contributed by atoms with Crippen LogP contribution in [0.5, 0.6) is 5.75 Å². The molecule has 142 valence electrons. The maximum Gasteiger partial charge on any atom is 0.263 e. The predicted molar refractivity (Wildman–Crippen MR) is 109 cm³/mol. The molecule has 0 spiro atoms. The van der Waals surface area contributed by atoms with Crippen LogP contribution in [-0.2, 0) is 10.0 Å². The Labute approximate surface area is 170 Å². The van der Waals surface area contributed by atoms with Crippen molar-refractivity contribution in [3.63, 3.8) is 0 Å². The van der Waals surface area contributed by atoms with Crippen LogP contribution in [0, 0.1) is 0 Å². The molecule has 0 atom stereocenters. The second-order valence-corrected chi connectivity index (χ2v) is 8.68. The zero-order chi connectivity index (χ0) is 19.7. The quantitative estimate of drug-likeness (QED) is 0.507. The van der Waals surface area contributed by atoms with E-state index in [2.05, 4.69) is 19.9 Å². The lowest BCUT2D eigenvalue weighted by Crippen LogP contribution is -2.12. The molecular formula is C18H13ClN4O3S2. The molecule has 2 heterocycles. The maximum absolute atomic E-state index is 12.6. The second-order valence-electron chi connectivity index (χ2n) is 5.73. The minimum atomic E-state index is -3.79. The van der Waals surface area contributed by atoms with Crippen molar-refractivity contribution in [3.8, 4) is 16.9 Å². The largest absolute Gasteiger partial charge is 0.496 e. The van der Waals surface area contributed by atoms with Crippen molar-refractivity contribution in [1.82, 2.24) is 15.2 Å². The summed E-state index contributed by atoms with van der Waals surface area (Å²) >= 11 is 7.16. The highest BCUT2D eigenvalue weighted by atomic mass is 35.5. The number of methoxy groups -OCH3 is 1. The van der Waals surface area contributed by atoms with Gasteiger partial charge < -0.3 is 4.74 Å². The van der Waals surface area contributed by atoms with Crippen molar-refractivity contribution in [3.05, 3.63) is 59.2 Å². The fourth-order valence-corrected chi connectivity index (χ4v) is 4.68. The molecule has 0 bridgehead atoms. The van der Waals surface area contributed by atoms with Crippen molar-refractivity contribution >= 4 is 49.0 Å². The summed E-state index contributed by atoms with van der Waals surface area (Å²) in [7, 11) is -2.22. The summed E-state index contributed by atoms with van der Waals surface area (Å²) in [6.07, 6.45) is 1.63. The average molecular weight is 433 g/mol. The van der Waals surface area contributed by atoms with Crippen LogP contribution in [0.3, 0.4) is 0 Å². The van der Waals surface area contributed by atoms with E-state index in [0.29, 0.717) is 16.3 Å². The number of anilines is 1. The zero-order valence-corrected chi connectivity index (χ0v) is 16.8. The fraction of sp³-hybridized carbons (Fsp3) is 0.0556. The van der Waals surface area contributed by atoms with E-state index in [9.17, 15) is 8.42 Å². The summed E-state index contributed by atoms with van der Waals surface area (Å²) in [5.41, 5.74) is 3.68. The second kappa shape index (κ2) is 7.34. The molecule has 2 aromatic heterocycles. The standard InChI is InChI=1S/C18H13ClN4O3S2/c1-26-17-8-11(19)2-4-15(17)13-6-7-20-16-9-12(3-5-14(13)16)28(24,25)23-18-22-21-10-27-18/h2-10H,1H3,(H,22,23). The SMILES string of the molecule is COc1cc(Cl)ccc1-c1ccnc2cc(S(=O)(=O)Nc3nncs3)ccc12. The molecule has 10 heteroatoms. The minimum absolute atomic E-state index is 0.0860. The number of hydrogen-bond donors (Lipinski definition) is 1. The molecule has 1 N–H and O–H groups in total. The lowest BCUT2D eigenvalue weighted by atomic mass is 10.0. The van der Waals surface area contributed by atoms with Crippen molar-refractivity contribution in [2.75, 3.05) is 11.8 Å². The van der Waals surface area contributed by atoms with Gasteiger partial charge in [-0.3, -0.25) is 9.71 Å². The summed E-state index contributed by atoms with van der Waals surface area (Å²) in [6.45, 7) is 0. The van der Waals surface area contributed by atoms with E-state index in [0.717, 1.165) is 27.8 Å². The Morgan fingerprint density at radius 3 is 2.71 bits per heavy atom. The van der Waals surface area contributed by atoms with Gasteiger partial charge in [-0.2, -0.15) is 0 Å². The molecule has 0 radical (unpaired) electrons. The molecule has 0 saturated heterocycles. The molecule has 4 aromatic rings. The third-order valence-corrected chi connectivity index (χ3v) is 6.37. The van der Waals surface area contributed by atoms with E-state index in [-0.39, 0.29) is 10.0 Å². The van der Waals surface area contributed by atoms with Gasteiger partial charge in [-0.05, 0) is 42.0 Å². The molecule has 0 saturated carbocycles. The van der Waals surface area contributed by atoms with Gasteiger partial charge in [-0.25, -0.2) is 8.42 Å². The van der Waals surface area contributed by atoms with Gasteiger partial charge in [0.25, 0.3) is 10.0 Å². The Hall–Kier alpha value is -2.75. The lowest BCUT2D eigenvalue weighted by molar-refractivity contribution is 0.416. The molecule has 0 aliphatic heterocycles. The first-order chi connectivity index (χ1) is 13.5. The molecule has 0 fully saturated rings. The molecule has 2 aromatic carbocycles. The summed E-state index contributed by atoms with van der Waals surface area (Å²) in [6, 6.07) is 12.0. The fourth-order valence-electron chi connectivity index (χ4n) is 2.81. The summed E-state index contributed by atoms with van der Waals surface area (Å²) in [5.74, 6) is 0.620. The van der Waals surface area contributed by atoms with E-state index in [1.807, 2.05) is 12.1 Å². The Bertz CT molecular complexity index is 1260. The molecule has 28 heavy (non-hydrogen) atoms. The first kappa shape index (κ1) is 18.6. The van der Waals surface area contributed by atoms with Gasteiger partial charge in [0.1, 0.15) is 11.3 Å². The molecule has 4 rings (SSSR count). The highest BCUT2D eigenvalue weighted by Gasteiger charge is 2.18.